The van der Waals surface area contributed by atoms with Gasteiger partial charge in [0.15, 0.2) is 0 Å². The molecule has 1 N–H and O–H groups in total. The summed E-state index contributed by atoms with van der Waals surface area (Å²) in [5, 5.41) is 9.13. The first-order chi connectivity index (χ1) is 8.22. The Morgan fingerprint density at radius 2 is 1.24 bits per heavy atom. The molecule has 0 radical (unpaired) electrons. The summed E-state index contributed by atoms with van der Waals surface area (Å²) in [4.78, 5) is 11.1. The summed E-state index contributed by atoms with van der Waals surface area (Å²) in [7, 11) is 0. The van der Waals surface area contributed by atoms with E-state index in [2.05, 4.69) is 13.8 Å². The Bertz CT molecular complexity index is 178. The van der Waals surface area contributed by atoms with E-state index in [1.807, 2.05) is 0 Å². The van der Waals surface area contributed by atoms with Crippen LogP contribution in [0.25, 0.3) is 0 Å². The molecule has 0 aromatic heterocycles. The molecule has 2 heteroatoms. The molecule has 0 saturated carbocycles. The summed E-state index contributed by atoms with van der Waals surface area (Å²) >= 11 is 0. The van der Waals surface area contributed by atoms with Crippen LogP contribution < -0.4 is 0 Å². The monoisotopic (exact) mass is 242 g/mol. The van der Waals surface area contributed by atoms with Crippen molar-refractivity contribution in [1.82, 2.24) is 0 Å². The highest BCUT2D eigenvalue weighted by Crippen LogP contribution is 2.18. The summed E-state index contributed by atoms with van der Waals surface area (Å²) in [6, 6.07) is 0. The van der Waals surface area contributed by atoms with Gasteiger partial charge in [0.1, 0.15) is 0 Å². The maximum Gasteiger partial charge on any atom is 0.306 e. The number of unbranched alkanes of at least 4 members (excludes halogenated alkanes) is 7. The lowest BCUT2D eigenvalue weighted by Crippen LogP contribution is -2.13. The predicted molar refractivity (Wildman–Crippen MR) is 73.3 cm³/mol. The first-order valence-electron chi connectivity index (χ1n) is 7.45. The topological polar surface area (TPSA) is 37.3 Å². The molecule has 0 amide bonds. The number of hydrogen-bond donors (Lipinski definition) is 1. The Labute approximate surface area is 107 Å². The number of carbonyl (C=O) groups is 1. The lowest BCUT2D eigenvalue weighted by molar-refractivity contribution is -0.142. The Hall–Kier alpha value is -0.530. The zero-order valence-corrected chi connectivity index (χ0v) is 11.7. The standard InChI is InChI=1S/C15H30O2/c1-3-5-7-9-11-13-14(15(16)17)12-10-8-6-4-2/h14H,3-13H2,1-2H3,(H,16,17). The second-order valence-electron chi connectivity index (χ2n) is 5.09. The number of hydrogen-bond acceptors (Lipinski definition) is 1. The van der Waals surface area contributed by atoms with Crippen molar-refractivity contribution in [3.05, 3.63) is 0 Å². The normalized spacial score (nSPS) is 12.6. The molecule has 0 saturated heterocycles. The van der Waals surface area contributed by atoms with Crippen molar-refractivity contribution in [3.63, 3.8) is 0 Å². The largest absolute Gasteiger partial charge is 0.481 e. The SMILES string of the molecule is CCCCCCCC(CCCCCC)C(=O)O. The number of carboxylic acid groups (broad SMARTS) is 1. The Morgan fingerprint density at radius 3 is 1.65 bits per heavy atom. The molecule has 0 bridgehead atoms. The Balaban J connectivity index is 3.57. The van der Waals surface area contributed by atoms with E-state index in [0.29, 0.717) is 0 Å². The van der Waals surface area contributed by atoms with Crippen molar-refractivity contribution in [2.24, 2.45) is 5.92 Å². The molecular formula is C15H30O2. The van der Waals surface area contributed by atoms with Crippen molar-refractivity contribution >= 4 is 5.97 Å². The van der Waals surface area contributed by atoms with Crippen molar-refractivity contribution in [3.8, 4) is 0 Å². The highest BCUT2D eigenvalue weighted by molar-refractivity contribution is 5.69. The molecule has 0 aliphatic rings. The van der Waals surface area contributed by atoms with Gasteiger partial charge in [0, 0.05) is 0 Å². The van der Waals surface area contributed by atoms with Gasteiger partial charge in [-0.05, 0) is 12.8 Å². The number of carboxylic acids is 1. The zero-order valence-electron chi connectivity index (χ0n) is 11.7. The van der Waals surface area contributed by atoms with Gasteiger partial charge in [-0.1, -0.05) is 71.6 Å². The zero-order chi connectivity index (χ0) is 12.9. The van der Waals surface area contributed by atoms with Crippen LogP contribution >= 0.6 is 0 Å². The van der Waals surface area contributed by atoms with Crippen LogP contribution in [0.15, 0.2) is 0 Å². The molecule has 0 fully saturated rings. The van der Waals surface area contributed by atoms with Gasteiger partial charge in [0.25, 0.3) is 0 Å². The molecule has 0 aromatic rings. The van der Waals surface area contributed by atoms with Crippen LogP contribution in [0, 0.1) is 5.92 Å². The third kappa shape index (κ3) is 10.3. The molecule has 0 heterocycles. The highest BCUT2D eigenvalue weighted by Gasteiger charge is 2.15. The molecule has 17 heavy (non-hydrogen) atoms. The van der Waals surface area contributed by atoms with Crippen LogP contribution in [0.2, 0.25) is 0 Å². The van der Waals surface area contributed by atoms with Crippen LogP contribution in [0.4, 0.5) is 0 Å². The first kappa shape index (κ1) is 16.5. The average molecular weight is 242 g/mol. The van der Waals surface area contributed by atoms with Crippen molar-refractivity contribution in [2.45, 2.75) is 84.5 Å². The third-order valence-electron chi connectivity index (χ3n) is 3.41. The van der Waals surface area contributed by atoms with Crippen LogP contribution in [-0.4, -0.2) is 11.1 Å². The van der Waals surface area contributed by atoms with Crippen molar-refractivity contribution < 1.29 is 9.90 Å². The van der Waals surface area contributed by atoms with Crippen LogP contribution in [0.1, 0.15) is 84.5 Å². The molecule has 1 atom stereocenters. The summed E-state index contributed by atoms with van der Waals surface area (Å²) in [6.45, 7) is 4.39. The number of rotatable bonds is 12. The fourth-order valence-electron chi connectivity index (χ4n) is 2.20. The van der Waals surface area contributed by atoms with Gasteiger partial charge in [-0.3, -0.25) is 4.79 Å². The van der Waals surface area contributed by atoms with E-state index < -0.39 is 5.97 Å². The van der Waals surface area contributed by atoms with Gasteiger partial charge in [0.2, 0.25) is 0 Å². The molecule has 2 nitrogen and oxygen atoms in total. The predicted octanol–water partition coefficient (Wildman–Crippen LogP) is 5.02. The highest BCUT2D eigenvalue weighted by atomic mass is 16.4. The van der Waals surface area contributed by atoms with Gasteiger partial charge in [-0.2, -0.15) is 0 Å². The van der Waals surface area contributed by atoms with Crippen molar-refractivity contribution in [1.29, 1.82) is 0 Å². The van der Waals surface area contributed by atoms with Crippen molar-refractivity contribution in [2.75, 3.05) is 0 Å². The molecule has 0 rings (SSSR count). The molecule has 1 unspecified atom stereocenters. The molecule has 0 aliphatic carbocycles. The second-order valence-corrected chi connectivity index (χ2v) is 5.09. The fraction of sp³-hybridized carbons (Fsp3) is 0.933. The molecule has 0 aliphatic heterocycles. The first-order valence-corrected chi connectivity index (χ1v) is 7.45. The van der Waals surface area contributed by atoms with E-state index in [-0.39, 0.29) is 5.92 Å². The second kappa shape index (κ2) is 11.9. The lowest BCUT2D eigenvalue weighted by atomic mass is 9.94. The van der Waals surface area contributed by atoms with Gasteiger partial charge in [-0.25, -0.2) is 0 Å². The van der Waals surface area contributed by atoms with Crippen LogP contribution in [0.5, 0.6) is 0 Å². The van der Waals surface area contributed by atoms with E-state index in [4.69, 9.17) is 5.11 Å². The van der Waals surface area contributed by atoms with Crippen LogP contribution in [0.3, 0.4) is 0 Å². The van der Waals surface area contributed by atoms with E-state index in [0.717, 1.165) is 25.7 Å². The summed E-state index contributed by atoms with van der Waals surface area (Å²) in [5.41, 5.74) is 0. The van der Waals surface area contributed by atoms with E-state index >= 15 is 0 Å². The minimum atomic E-state index is -0.586. The molecule has 0 spiro atoms. The Morgan fingerprint density at radius 1 is 0.824 bits per heavy atom. The molecular weight excluding hydrogens is 212 g/mol. The maximum atomic E-state index is 11.1. The third-order valence-corrected chi connectivity index (χ3v) is 3.41. The van der Waals surface area contributed by atoms with Gasteiger partial charge >= 0.3 is 5.97 Å². The quantitative estimate of drug-likeness (QED) is 0.488. The summed E-state index contributed by atoms with van der Waals surface area (Å²) in [5.74, 6) is -0.675. The van der Waals surface area contributed by atoms with Crippen LogP contribution in [-0.2, 0) is 4.79 Å². The smallest absolute Gasteiger partial charge is 0.306 e. The Kier molecular flexibility index (Phi) is 11.6. The molecule has 0 aromatic carbocycles. The summed E-state index contributed by atoms with van der Waals surface area (Å²) in [6.07, 6.45) is 12.6. The fourth-order valence-corrected chi connectivity index (χ4v) is 2.20. The number of aliphatic carboxylic acids is 1. The minimum absolute atomic E-state index is 0.0894. The van der Waals surface area contributed by atoms with Gasteiger partial charge < -0.3 is 5.11 Å². The minimum Gasteiger partial charge on any atom is -0.481 e. The molecule has 102 valence electrons. The van der Waals surface area contributed by atoms with E-state index in [1.165, 1.54) is 44.9 Å². The van der Waals surface area contributed by atoms with Gasteiger partial charge in [0.05, 0.1) is 5.92 Å². The lowest BCUT2D eigenvalue weighted by Gasteiger charge is -2.11. The summed E-state index contributed by atoms with van der Waals surface area (Å²) < 4.78 is 0. The maximum absolute atomic E-state index is 11.1. The van der Waals surface area contributed by atoms with E-state index in [9.17, 15) is 4.79 Å². The van der Waals surface area contributed by atoms with E-state index in [1.54, 1.807) is 0 Å². The van der Waals surface area contributed by atoms with Gasteiger partial charge in [-0.15, -0.1) is 0 Å². The average Bonchev–Trinajstić information content (AvgIpc) is 2.31.